The lowest BCUT2D eigenvalue weighted by Gasteiger charge is -2.47. The highest BCUT2D eigenvalue weighted by molar-refractivity contribution is 6.30. The number of piperidine rings is 1. The molecule has 1 saturated heterocycles. The van der Waals surface area contributed by atoms with E-state index < -0.39 is 16.9 Å². The van der Waals surface area contributed by atoms with Gasteiger partial charge in [0.05, 0.1) is 17.9 Å². The maximum Gasteiger partial charge on any atom is 0.326 e. The fourth-order valence-electron chi connectivity index (χ4n) is 7.53. The third kappa shape index (κ3) is 7.58. The second kappa shape index (κ2) is 15.3. The van der Waals surface area contributed by atoms with Crippen LogP contribution in [0.2, 0.25) is 10.0 Å². The first-order chi connectivity index (χ1) is 25.5. The van der Waals surface area contributed by atoms with Gasteiger partial charge in [0.1, 0.15) is 28.5 Å². The molecule has 0 unspecified atom stereocenters. The molecular formula is C43H48Cl2FN5O3. The Morgan fingerprint density at radius 1 is 0.944 bits per heavy atom. The van der Waals surface area contributed by atoms with Gasteiger partial charge in [0.15, 0.2) is 0 Å². The maximum absolute atomic E-state index is 15.3. The van der Waals surface area contributed by atoms with Gasteiger partial charge < -0.3 is 15.0 Å². The number of amidine groups is 1. The van der Waals surface area contributed by atoms with Crippen LogP contribution < -0.4 is 10.1 Å². The molecule has 0 bridgehead atoms. The van der Waals surface area contributed by atoms with Crippen molar-refractivity contribution >= 4 is 46.7 Å². The molecule has 284 valence electrons. The smallest absolute Gasteiger partial charge is 0.326 e. The van der Waals surface area contributed by atoms with Gasteiger partial charge in [0, 0.05) is 52.9 Å². The van der Waals surface area contributed by atoms with Gasteiger partial charge in [-0.3, -0.25) is 19.7 Å². The van der Waals surface area contributed by atoms with Crippen LogP contribution in [0, 0.1) is 18.7 Å². The lowest BCUT2D eigenvalue weighted by Crippen LogP contribution is -2.59. The van der Waals surface area contributed by atoms with E-state index in [1.807, 2.05) is 87.2 Å². The zero-order valence-corrected chi connectivity index (χ0v) is 33.5. The number of rotatable bonds is 8. The van der Waals surface area contributed by atoms with Crippen LogP contribution in [0.5, 0.6) is 5.75 Å². The highest BCUT2D eigenvalue weighted by Crippen LogP contribution is 2.54. The van der Waals surface area contributed by atoms with Crippen molar-refractivity contribution in [2.45, 2.75) is 84.2 Å². The summed E-state index contributed by atoms with van der Waals surface area (Å²) in [5.74, 6) is 0.328. The Balaban J connectivity index is 1.40. The van der Waals surface area contributed by atoms with Crippen LogP contribution in [0.4, 0.5) is 14.9 Å². The Labute approximate surface area is 327 Å². The second-order valence-corrected chi connectivity index (χ2v) is 16.5. The molecule has 1 fully saturated rings. The van der Waals surface area contributed by atoms with E-state index in [4.69, 9.17) is 37.9 Å². The number of halogens is 3. The molecule has 3 aromatic carbocycles. The van der Waals surface area contributed by atoms with Crippen LogP contribution in [0.1, 0.15) is 88.8 Å². The highest BCUT2D eigenvalue weighted by atomic mass is 35.5. The Bertz CT molecular complexity index is 2060. The number of hydrogen-bond donors (Lipinski definition) is 1. The zero-order chi connectivity index (χ0) is 39.0. The number of aryl methyl sites for hydroxylation is 1. The van der Waals surface area contributed by atoms with E-state index in [-0.39, 0.29) is 35.4 Å². The summed E-state index contributed by atoms with van der Waals surface area (Å²) < 4.78 is 20.7. The number of ether oxygens (including phenoxy) is 1. The Kier molecular flexibility index (Phi) is 11.1. The number of nitrogens with zero attached hydrogens (tertiary/aromatic N) is 4. The quantitative estimate of drug-likeness (QED) is 0.193. The Morgan fingerprint density at radius 2 is 1.56 bits per heavy atom. The standard InChI is InChI=1S/C43H48Cl2FN5O3/c1-8-54-36-25-37(41(3,4)5)47-26-33(36)39-49-42(6,29-10-14-31(44)15-11-29)43(7,30-12-16-32(45)17-13-30)51(39)40(53)50-21-19-28(20-22-50)24-38(52)48-35-23-27(2)9-18-34(35)46/h9-18,23,25-26,28H,8,19-22,24H2,1-7H3,(H,48,52)/t42-,43+/m0/s1. The molecule has 1 N–H and O–H groups in total. The van der Waals surface area contributed by atoms with E-state index >= 15 is 4.79 Å². The molecule has 0 spiro atoms. The first-order valence-corrected chi connectivity index (χ1v) is 19.2. The van der Waals surface area contributed by atoms with Crippen LogP contribution in [0.3, 0.4) is 0 Å². The van der Waals surface area contributed by atoms with E-state index in [0.29, 0.717) is 59.7 Å². The maximum atomic E-state index is 15.3. The predicted molar refractivity (Wildman–Crippen MR) is 214 cm³/mol. The highest BCUT2D eigenvalue weighted by Gasteiger charge is 2.60. The minimum absolute atomic E-state index is 0.0225. The Morgan fingerprint density at radius 3 is 2.15 bits per heavy atom. The molecule has 6 rings (SSSR count). The molecule has 2 aliphatic heterocycles. The summed E-state index contributed by atoms with van der Waals surface area (Å²) in [7, 11) is 0. The number of benzene rings is 3. The molecule has 0 saturated carbocycles. The first kappa shape index (κ1) is 39.2. The third-order valence-electron chi connectivity index (χ3n) is 10.9. The van der Waals surface area contributed by atoms with Crippen molar-refractivity contribution < 1.29 is 18.7 Å². The predicted octanol–water partition coefficient (Wildman–Crippen LogP) is 10.3. The normalized spacial score (nSPS) is 20.5. The lowest BCUT2D eigenvalue weighted by atomic mass is 9.71. The minimum Gasteiger partial charge on any atom is -0.493 e. The van der Waals surface area contributed by atoms with Crippen molar-refractivity contribution in [1.82, 2.24) is 14.8 Å². The fraction of sp³-hybridized carbons (Fsp3) is 0.395. The molecule has 8 nitrogen and oxygen atoms in total. The minimum atomic E-state index is -1.07. The van der Waals surface area contributed by atoms with Crippen molar-refractivity contribution in [1.29, 1.82) is 0 Å². The first-order valence-electron chi connectivity index (χ1n) is 18.5. The monoisotopic (exact) mass is 771 g/mol. The van der Waals surface area contributed by atoms with Crippen molar-refractivity contribution in [2.75, 3.05) is 25.0 Å². The molecule has 4 aromatic rings. The van der Waals surface area contributed by atoms with Gasteiger partial charge in [-0.05, 0) is 99.5 Å². The molecule has 3 heterocycles. The van der Waals surface area contributed by atoms with Crippen LogP contribution in [0.15, 0.2) is 84.0 Å². The van der Waals surface area contributed by atoms with E-state index in [2.05, 4.69) is 26.1 Å². The molecule has 1 aromatic heterocycles. The number of pyridine rings is 1. The number of carbonyl (C=O) groups is 2. The molecule has 54 heavy (non-hydrogen) atoms. The summed E-state index contributed by atoms with van der Waals surface area (Å²) in [6.45, 7) is 15.4. The largest absolute Gasteiger partial charge is 0.493 e. The number of anilines is 1. The summed E-state index contributed by atoms with van der Waals surface area (Å²) in [6.07, 6.45) is 3.21. The number of carbonyl (C=O) groups excluding carboxylic acids is 2. The molecular weight excluding hydrogens is 724 g/mol. The number of amides is 3. The molecule has 3 amide bonds. The summed E-state index contributed by atoms with van der Waals surface area (Å²) in [6, 6.07) is 21.5. The number of urea groups is 1. The SMILES string of the molecule is CCOc1cc(C(C)(C)C)ncc1C1=N[C@@](C)(c2ccc(Cl)cc2)[C@@](C)(c2ccc(Cl)cc2)N1C(=O)N1CCC(CC(=O)Nc2cc(C)ccc2F)CC1. The van der Waals surface area contributed by atoms with E-state index in [1.54, 1.807) is 23.2 Å². The molecule has 0 radical (unpaired) electrons. The van der Waals surface area contributed by atoms with Gasteiger partial charge in [-0.2, -0.15) is 0 Å². The van der Waals surface area contributed by atoms with Crippen LogP contribution >= 0.6 is 23.2 Å². The number of aromatic nitrogens is 1. The topological polar surface area (TPSA) is 87.1 Å². The van der Waals surface area contributed by atoms with Gasteiger partial charge in [-0.15, -0.1) is 0 Å². The van der Waals surface area contributed by atoms with Gasteiger partial charge >= 0.3 is 6.03 Å². The summed E-state index contributed by atoms with van der Waals surface area (Å²) in [5.41, 5.74) is 1.86. The average molecular weight is 773 g/mol. The van der Waals surface area contributed by atoms with Crippen LogP contribution in [-0.4, -0.2) is 52.3 Å². The Hall–Kier alpha value is -4.47. The third-order valence-corrected chi connectivity index (χ3v) is 11.4. The van der Waals surface area contributed by atoms with Gasteiger partial charge in [0.2, 0.25) is 5.91 Å². The van der Waals surface area contributed by atoms with Gasteiger partial charge in [-0.1, -0.05) is 74.3 Å². The van der Waals surface area contributed by atoms with Crippen LogP contribution in [0.25, 0.3) is 0 Å². The molecule has 2 aliphatic rings. The van der Waals surface area contributed by atoms with Crippen molar-refractivity contribution in [2.24, 2.45) is 10.9 Å². The van der Waals surface area contributed by atoms with E-state index in [1.165, 1.54) is 6.07 Å². The molecule has 0 aliphatic carbocycles. The van der Waals surface area contributed by atoms with Crippen LogP contribution in [-0.2, 0) is 21.3 Å². The number of aliphatic imine (C=N–C) groups is 1. The van der Waals surface area contributed by atoms with E-state index in [9.17, 15) is 9.18 Å². The average Bonchev–Trinajstić information content (AvgIpc) is 3.37. The zero-order valence-electron chi connectivity index (χ0n) is 32.0. The van der Waals surface area contributed by atoms with E-state index in [0.717, 1.165) is 22.4 Å². The van der Waals surface area contributed by atoms with Crippen molar-refractivity contribution in [3.8, 4) is 5.75 Å². The molecule has 11 heteroatoms. The summed E-state index contributed by atoms with van der Waals surface area (Å²) in [4.78, 5) is 42.3. The molecule has 2 atom stereocenters. The van der Waals surface area contributed by atoms with Gasteiger partial charge in [0.25, 0.3) is 0 Å². The second-order valence-electron chi connectivity index (χ2n) is 15.6. The summed E-state index contributed by atoms with van der Waals surface area (Å²) >= 11 is 12.8. The fourth-order valence-corrected chi connectivity index (χ4v) is 7.78. The van der Waals surface area contributed by atoms with Crippen molar-refractivity contribution in [3.63, 3.8) is 0 Å². The number of hydrogen-bond acceptors (Lipinski definition) is 5. The number of likely N-dealkylation sites (tertiary alicyclic amines) is 1. The number of nitrogens with one attached hydrogen (secondary N) is 1. The van der Waals surface area contributed by atoms with Crippen molar-refractivity contribution in [3.05, 3.63) is 123 Å². The lowest BCUT2D eigenvalue weighted by molar-refractivity contribution is -0.117. The van der Waals surface area contributed by atoms with Gasteiger partial charge in [-0.25, -0.2) is 9.18 Å². The summed E-state index contributed by atoms with van der Waals surface area (Å²) in [5, 5.41) is 3.90.